The Balaban J connectivity index is 1.64. The third-order valence-electron chi connectivity index (χ3n) is 4.46. The molecule has 0 spiro atoms. The van der Waals surface area contributed by atoms with E-state index in [9.17, 15) is 19.5 Å². The molecule has 0 unspecified atom stereocenters. The van der Waals surface area contributed by atoms with Crippen molar-refractivity contribution in [3.05, 3.63) is 83.4 Å². The Bertz CT molecular complexity index is 1080. The molecule has 0 bridgehead atoms. The van der Waals surface area contributed by atoms with E-state index < -0.39 is 17.8 Å². The van der Waals surface area contributed by atoms with Gasteiger partial charge in [-0.1, -0.05) is 24.3 Å². The number of hydrogen-bond donors (Lipinski definition) is 2. The minimum Gasteiger partial charge on any atom is -0.508 e. The number of anilines is 1. The van der Waals surface area contributed by atoms with Crippen LogP contribution in [0.5, 0.6) is 5.75 Å². The van der Waals surface area contributed by atoms with Gasteiger partial charge in [-0.3, -0.25) is 9.59 Å². The van der Waals surface area contributed by atoms with Gasteiger partial charge < -0.3 is 10.2 Å². The zero-order chi connectivity index (χ0) is 19.1. The summed E-state index contributed by atoms with van der Waals surface area (Å²) >= 11 is 0. The van der Waals surface area contributed by atoms with E-state index in [0.29, 0.717) is 5.69 Å². The lowest BCUT2D eigenvalue weighted by atomic mass is 10.0. The lowest BCUT2D eigenvalue weighted by molar-refractivity contribution is 0.0696. The number of aromatic hydroxyl groups is 1. The maximum Gasteiger partial charge on any atom is 0.335 e. The third-order valence-corrected chi connectivity index (χ3v) is 4.46. The van der Waals surface area contributed by atoms with E-state index in [4.69, 9.17) is 5.11 Å². The van der Waals surface area contributed by atoms with Crippen LogP contribution in [0.15, 0.2) is 66.7 Å². The van der Waals surface area contributed by atoms with Crippen LogP contribution in [0.25, 0.3) is 11.1 Å². The largest absolute Gasteiger partial charge is 0.508 e. The number of phenols is 1. The van der Waals surface area contributed by atoms with Crippen LogP contribution in [0.4, 0.5) is 5.69 Å². The van der Waals surface area contributed by atoms with Crippen molar-refractivity contribution in [1.82, 2.24) is 0 Å². The summed E-state index contributed by atoms with van der Waals surface area (Å²) in [4.78, 5) is 37.1. The minimum atomic E-state index is -0.992. The van der Waals surface area contributed by atoms with E-state index in [1.54, 1.807) is 36.4 Å². The number of carboxylic acids is 1. The van der Waals surface area contributed by atoms with Gasteiger partial charge in [0, 0.05) is 0 Å². The van der Waals surface area contributed by atoms with Gasteiger partial charge in [-0.2, -0.15) is 0 Å². The Labute approximate surface area is 153 Å². The smallest absolute Gasteiger partial charge is 0.335 e. The summed E-state index contributed by atoms with van der Waals surface area (Å²) in [6, 6.07) is 17.3. The summed E-state index contributed by atoms with van der Waals surface area (Å²) < 4.78 is 0. The Morgan fingerprint density at radius 2 is 1.30 bits per heavy atom. The van der Waals surface area contributed by atoms with Crippen molar-refractivity contribution in [3.63, 3.8) is 0 Å². The Kier molecular flexibility index (Phi) is 3.74. The van der Waals surface area contributed by atoms with Gasteiger partial charge in [-0.25, -0.2) is 9.69 Å². The fraction of sp³-hybridized carbons (Fsp3) is 0. The molecule has 6 heteroatoms. The highest BCUT2D eigenvalue weighted by molar-refractivity contribution is 6.34. The van der Waals surface area contributed by atoms with Crippen molar-refractivity contribution >= 4 is 23.5 Å². The van der Waals surface area contributed by atoms with E-state index in [2.05, 4.69) is 0 Å². The zero-order valence-electron chi connectivity index (χ0n) is 13.9. The number of fused-ring (bicyclic) bond motifs is 1. The van der Waals surface area contributed by atoms with E-state index >= 15 is 0 Å². The van der Waals surface area contributed by atoms with Gasteiger partial charge in [0.25, 0.3) is 11.8 Å². The number of imide groups is 1. The Hall–Kier alpha value is -3.93. The fourth-order valence-corrected chi connectivity index (χ4v) is 3.07. The molecule has 4 rings (SSSR count). The second-order valence-corrected chi connectivity index (χ2v) is 6.10. The molecular weight excluding hydrogens is 346 g/mol. The minimum absolute atomic E-state index is 0.0723. The molecule has 3 aromatic rings. The summed E-state index contributed by atoms with van der Waals surface area (Å²) in [6.45, 7) is 0. The maximum atomic E-state index is 12.6. The summed E-state index contributed by atoms with van der Waals surface area (Å²) in [5, 5.41) is 18.5. The van der Waals surface area contributed by atoms with E-state index in [0.717, 1.165) is 16.0 Å². The van der Waals surface area contributed by atoms with Gasteiger partial charge in [0.15, 0.2) is 0 Å². The first-order valence-electron chi connectivity index (χ1n) is 8.11. The molecule has 0 saturated carbocycles. The van der Waals surface area contributed by atoms with E-state index in [1.165, 1.54) is 30.3 Å². The van der Waals surface area contributed by atoms with E-state index in [-0.39, 0.29) is 22.4 Å². The first kappa shape index (κ1) is 16.5. The van der Waals surface area contributed by atoms with Crippen molar-refractivity contribution in [1.29, 1.82) is 0 Å². The molecule has 132 valence electrons. The molecule has 0 radical (unpaired) electrons. The summed E-state index contributed by atoms with van der Waals surface area (Å²) in [5.74, 6) is -1.98. The molecule has 3 aromatic carbocycles. The van der Waals surface area contributed by atoms with Crippen LogP contribution in [0, 0.1) is 0 Å². The number of hydrogen-bond acceptors (Lipinski definition) is 4. The van der Waals surface area contributed by atoms with Crippen molar-refractivity contribution in [2.45, 2.75) is 0 Å². The molecule has 0 aliphatic carbocycles. The molecule has 1 aliphatic rings. The normalized spacial score (nSPS) is 13.0. The highest BCUT2D eigenvalue weighted by Crippen LogP contribution is 2.31. The van der Waals surface area contributed by atoms with Crippen LogP contribution in [0.3, 0.4) is 0 Å². The molecule has 0 fully saturated rings. The second-order valence-electron chi connectivity index (χ2n) is 6.10. The molecule has 1 heterocycles. The molecule has 2 amide bonds. The van der Waals surface area contributed by atoms with Gasteiger partial charge in [0.1, 0.15) is 5.75 Å². The number of carboxylic acid groups (broad SMARTS) is 1. The van der Waals surface area contributed by atoms with Crippen molar-refractivity contribution < 1.29 is 24.6 Å². The lowest BCUT2D eigenvalue weighted by Gasteiger charge is -2.14. The molecule has 0 aromatic heterocycles. The molecule has 0 atom stereocenters. The van der Waals surface area contributed by atoms with Gasteiger partial charge in [-0.05, 0) is 53.6 Å². The SMILES string of the molecule is O=C(O)c1ccc(-c2ccc(N3C(=O)c4ccc(O)cc4C3=O)cc2)cc1. The molecule has 0 saturated heterocycles. The molecular formula is C21H13NO5. The van der Waals surface area contributed by atoms with Crippen LogP contribution in [0.2, 0.25) is 0 Å². The highest BCUT2D eigenvalue weighted by atomic mass is 16.4. The average Bonchev–Trinajstić information content (AvgIpc) is 2.92. The maximum absolute atomic E-state index is 12.6. The monoisotopic (exact) mass is 359 g/mol. The first-order valence-corrected chi connectivity index (χ1v) is 8.11. The number of rotatable bonds is 3. The van der Waals surface area contributed by atoms with Crippen molar-refractivity contribution in [2.24, 2.45) is 0 Å². The predicted molar refractivity (Wildman–Crippen MR) is 98.1 cm³/mol. The van der Waals surface area contributed by atoms with Crippen LogP contribution >= 0.6 is 0 Å². The van der Waals surface area contributed by atoms with Crippen LogP contribution in [-0.4, -0.2) is 28.0 Å². The van der Waals surface area contributed by atoms with Crippen LogP contribution in [-0.2, 0) is 0 Å². The third kappa shape index (κ3) is 2.73. The standard InChI is InChI=1S/C21H13NO5/c23-16-9-10-17-18(11-16)20(25)22(19(17)24)15-7-5-13(6-8-15)12-1-3-14(4-2-12)21(26)27/h1-11,23H,(H,26,27). The Morgan fingerprint density at radius 3 is 1.89 bits per heavy atom. The first-order chi connectivity index (χ1) is 13.0. The topological polar surface area (TPSA) is 94.9 Å². The number of carbonyl (C=O) groups is 3. The van der Waals surface area contributed by atoms with Gasteiger partial charge in [0.2, 0.25) is 0 Å². The molecule has 6 nitrogen and oxygen atoms in total. The number of carbonyl (C=O) groups excluding carboxylic acids is 2. The van der Waals surface area contributed by atoms with Crippen molar-refractivity contribution in [3.8, 4) is 16.9 Å². The highest BCUT2D eigenvalue weighted by Gasteiger charge is 2.36. The van der Waals surface area contributed by atoms with Crippen LogP contribution in [0.1, 0.15) is 31.1 Å². The number of nitrogens with zero attached hydrogens (tertiary/aromatic N) is 1. The van der Waals surface area contributed by atoms with Crippen molar-refractivity contribution in [2.75, 3.05) is 4.90 Å². The second kappa shape index (κ2) is 6.10. The number of phenolic OH excluding ortho intramolecular Hbond substituents is 1. The summed E-state index contributed by atoms with van der Waals surface area (Å²) in [7, 11) is 0. The summed E-state index contributed by atoms with van der Waals surface area (Å²) in [6.07, 6.45) is 0. The average molecular weight is 359 g/mol. The molecule has 27 heavy (non-hydrogen) atoms. The Morgan fingerprint density at radius 1 is 0.741 bits per heavy atom. The zero-order valence-corrected chi connectivity index (χ0v) is 13.9. The van der Waals surface area contributed by atoms with Gasteiger partial charge in [0.05, 0.1) is 22.4 Å². The van der Waals surface area contributed by atoms with E-state index in [1.807, 2.05) is 0 Å². The molecule has 1 aliphatic heterocycles. The summed E-state index contributed by atoms with van der Waals surface area (Å²) in [5.41, 5.74) is 2.69. The predicted octanol–water partition coefficient (Wildman–Crippen LogP) is 3.56. The number of amides is 2. The molecule has 2 N–H and O–H groups in total. The quantitative estimate of drug-likeness (QED) is 0.697. The number of aromatic carboxylic acids is 1. The lowest BCUT2D eigenvalue weighted by Crippen LogP contribution is -2.29. The van der Waals surface area contributed by atoms with Gasteiger partial charge >= 0.3 is 5.97 Å². The van der Waals surface area contributed by atoms with Crippen LogP contribution < -0.4 is 4.90 Å². The van der Waals surface area contributed by atoms with Gasteiger partial charge in [-0.15, -0.1) is 0 Å². The number of benzene rings is 3. The fourth-order valence-electron chi connectivity index (χ4n) is 3.07.